The van der Waals surface area contributed by atoms with Gasteiger partial charge in [-0.3, -0.25) is 9.98 Å². The average Bonchev–Trinajstić information content (AvgIpc) is 3.18. The van der Waals surface area contributed by atoms with Crippen LogP contribution in [0.4, 0.5) is 0 Å². The van der Waals surface area contributed by atoms with Gasteiger partial charge >= 0.3 is 0 Å². The first-order valence-corrected chi connectivity index (χ1v) is 10.6. The normalized spacial score (nSPS) is 19.4. The molecule has 0 aliphatic heterocycles. The molecule has 0 amide bonds. The lowest BCUT2D eigenvalue weighted by Gasteiger charge is -2.31. The van der Waals surface area contributed by atoms with Crippen LogP contribution in [0.5, 0.6) is 0 Å². The van der Waals surface area contributed by atoms with Crippen LogP contribution in [0.25, 0.3) is 0 Å². The number of halogens is 1. The topological polar surface area (TPSA) is 80.0 Å². The third-order valence-corrected chi connectivity index (χ3v) is 5.45. The van der Waals surface area contributed by atoms with Crippen LogP contribution in [0.2, 0.25) is 0 Å². The third-order valence-electron chi connectivity index (χ3n) is 5.45. The molecule has 0 aromatic carbocycles. The Morgan fingerprint density at radius 3 is 2.90 bits per heavy atom. The lowest BCUT2D eigenvalue weighted by Crippen LogP contribution is -2.48. The van der Waals surface area contributed by atoms with Crippen LogP contribution in [-0.2, 0) is 19.4 Å². The molecule has 3 rings (SSSR count). The predicted molar refractivity (Wildman–Crippen MR) is 128 cm³/mol. The van der Waals surface area contributed by atoms with E-state index in [9.17, 15) is 0 Å². The summed E-state index contributed by atoms with van der Waals surface area (Å²) in [6.07, 6.45) is 10.5. The molecule has 2 N–H and O–H groups in total. The number of aryl methyl sites for hydroxylation is 1. The Morgan fingerprint density at radius 1 is 1.28 bits per heavy atom. The highest BCUT2D eigenvalue weighted by molar-refractivity contribution is 14.0. The van der Waals surface area contributed by atoms with E-state index in [-0.39, 0.29) is 24.0 Å². The van der Waals surface area contributed by atoms with Gasteiger partial charge in [-0.05, 0) is 30.9 Å². The summed E-state index contributed by atoms with van der Waals surface area (Å²) in [5.41, 5.74) is 1.08. The van der Waals surface area contributed by atoms with Gasteiger partial charge in [-0.1, -0.05) is 32.8 Å². The lowest BCUT2D eigenvalue weighted by atomic mass is 9.86. The summed E-state index contributed by atoms with van der Waals surface area (Å²) in [7, 11) is 0. The molecule has 2 heterocycles. The lowest BCUT2D eigenvalue weighted by molar-refractivity contribution is 0.306. The van der Waals surface area contributed by atoms with Gasteiger partial charge in [0, 0.05) is 50.4 Å². The number of hydrogen-bond acceptors (Lipinski definition) is 4. The molecule has 0 radical (unpaired) electrons. The number of pyridine rings is 1. The van der Waals surface area contributed by atoms with Gasteiger partial charge < -0.3 is 15.2 Å². The van der Waals surface area contributed by atoms with Gasteiger partial charge in [0.25, 0.3) is 0 Å². The van der Waals surface area contributed by atoms with E-state index in [0.717, 1.165) is 50.0 Å². The number of rotatable bonds is 8. The Bertz CT molecular complexity index is 732. The van der Waals surface area contributed by atoms with Crippen molar-refractivity contribution in [2.24, 2.45) is 10.9 Å². The van der Waals surface area contributed by atoms with Gasteiger partial charge in [-0.2, -0.15) is 0 Å². The van der Waals surface area contributed by atoms with E-state index in [2.05, 4.69) is 50.3 Å². The maximum atomic E-state index is 4.82. The molecule has 7 nitrogen and oxygen atoms in total. The second-order valence-corrected chi connectivity index (χ2v) is 7.53. The number of aliphatic imine (C=N–C) groups is 1. The molecule has 2 unspecified atom stereocenters. The van der Waals surface area contributed by atoms with Crippen LogP contribution in [0.15, 0.2) is 35.7 Å². The molecule has 2 atom stereocenters. The Morgan fingerprint density at radius 2 is 2.14 bits per heavy atom. The molecule has 1 aliphatic rings. The monoisotopic (exact) mass is 511 g/mol. The summed E-state index contributed by atoms with van der Waals surface area (Å²) < 4.78 is 2.10. The largest absolute Gasteiger partial charge is 0.355 e. The average molecular weight is 511 g/mol. The molecule has 0 saturated heterocycles. The van der Waals surface area contributed by atoms with Crippen LogP contribution in [-0.4, -0.2) is 44.8 Å². The zero-order chi connectivity index (χ0) is 19.6. The molecular formula is C21H34IN7. The van der Waals surface area contributed by atoms with Gasteiger partial charge in [0.1, 0.15) is 12.2 Å². The van der Waals surface area contributed by atoms with Crippen molar-refractivity contribution in [3.63, 3.8) is 0 Å². The highest BCUT2D eigenvalue weighted by atomic mass is 127. The summed E-state index contributed by atoms with van der Waals surface area (Å²) in [5.74, 6) is 2.60. The van der Waals surface area contributed by atoms with E-state index in [1.807, 2.05) is 18.3 Å². The first-order valence-electron chi connectivity index (χ1n) is 10.6. The fraction of sp³-hybridized carbons (Fsp3) is 0.619. The smallest absolute Gasteiger partial charge is 0.191 e. The molecule has 2 aromatic heterocycles. The number of hydrogen-bond donors (Lipinski definition) is 2. The summed E-state index contributed by atoms with van der Waals surface area (Å²) in [6.45, 7) is 6.79. The molecule has 0 spiro atoms. The Kier molecular flexibility index (Phi) is 10.4. The second kappa shape index (κ2) is 12.8. The number of nitrogens with one attached hydrogen (secondary N) is 2. The second-order valence-electron chi connectivity index (χ2n) is 7.53. The van der Waals surface area contributed by atoms with E-state index in [1.54, 1.807) is 6.33 Å². The molecule has 29 heavy (non-hydrogen) atoms. The van der Waals surface area contributed by atoms with Crippen molar-refractivity contribution in [2.75, 3.05) is 13.1 Å². The number of aromatic nitrogens is 4. The summed E-state index contributed by atoms with van der Waals surface area (Å²) in [5, 5.41) is 15.3. The Balaban J connectivity index is 0.00000300. The maximum absolute atomic E-state index is 4.82. The SMILES string of the molecule is CCc1nncn1CCNC(=NCCc1ccccn1)NC1CCCCC1C.I. The first-order chi connectivity index (χ1) is 13.8. The van der Waals surface area contributed by atoms with E-state index in [1.165, 1.54) is 25.7 Å². The fourth-order valence-electron chi connectivity index (χ4n) is 3.72. The summed E-state index contributed by atoms with van der Waals surface area (Å²) in [6, 6.07) is 6.52. The molecule has 1 fully saturated rings. The van der Waals surface area contributed by atoms with Gasteiger partial charge in [-0.15, -0.1) is 34.2 Å². The van der Waals surface area contributed by atoms with Crippen LogP contribution >= 0.6 is 24.0 Å². The quantitative estimate of drug-likeness (QED) is 0.323. The van der Waals surface area contributed by atoms with E-state index < -0.39 is 0 Å². The summed E-state index contributed by atoms with van der Waals surface area (Å²) in [4.78, 5) is 9.21. The Hall–Kier alpha value is -1.71. The molecule has 160 valence electrons. The minimum absolute atomic E-state index is 0. The summed E-state index contributed by atoms with van der Waals surface area (Å²) >= 11 is 0. The number of guanidine groups is 1. The van der Waals surface area contributed by atoms with Crippen molar-refractivity contribution in [1.82, 2.24) is 30.4 Å². The fourth-order valence-corrected chi connectivity index (χ4v) is 3.72. The van der Waals surface area contributed by atoms with Crippen LogP contribution in [0, 0.1) is 5.92 Å². The van der Waals surface area contributed by atoms with E-state index >= 15 is 0 Å². The molecule has 2 aromatic rings. The van der Waals surface area contributed by atoms with Crippen molar-refractivity contribution >= 4 is 29.9 Å². The third kappa shape index (κ3) is 7.56. The first kappa shape index (κ1) is 23.6. The Labute approximate surface area is 191 Å². The molecule has 1 aliphatic carbocycles. The van der Waals surface area contributed by atoms with Crippen molar-refractivity contribution in [1.29, 1.82) is 0 Å². The van der Waals surface area contributed by atoms with Gasteiger partial charge in [0.2, 0.25) is 0 Å². The highest BCUT2D eigenvalue weighted by Gasteiger charge is 2.22. The predicted octanol–water partition coefficient (Wildman–Crippen LogP) is 3.21. The maximum Gasteiger partial charge on any atom is 0.191 e. The number of nitrogens with zero attached hydrogens (tertiary/aromatic N) is 5. The standard InChI is InChI=1S/C21H33N7.HI/c1-3-20-27-25-16-28(20)15-14-24-21(26-19-10-5-4-8-17(19)2)23-13-11-18-9-6-7-12-22-18;/h6-7,9,12,16-17,19H,3-5,8,10-11,13-15H2,1-2H3,(H2,23,24,26);1H. The zero-order valence-electron chi connectivity index (χ0n) is 17.5. The zero-order valence-corrected chi connectivity index (χ0v) is 19.9. The minimum atomic E-state index is 0. The van der Waals surface area contributed by atoms with Gasteiger partial charge in [0.05, 0.1) is 0 Å². The minimum Gasteiger partial charge on any atom is -0.355 e. The van der Waals surface area contributed by atoms with Crippen molar-refractivity contribution in [3.05, 3.63) is 42.2 Å². The molecule has 0 bridgehead atoms. The highest BCUT2D eigenvalue weighted by Crippen LogP contribution is 2.23. The van der Waals surface area contributed by atoms with Crippen molar-refractivity contribution in [3.8, 4) is 0 Å². The van der Waals surface area contributed by atoms with Crippen LogP contribution in [0.3, 0.4) is 0 Å². The van der Waals surface area contributed by atoms with Gasteiger partial charge in [0.15, 0.2) is 5.96 Å². The van der Waals surface area contributed by atoms with Crippen LogP contribution in [0.1, 0.15) is 51.0 Å². The van der Waals surface area contributed by atoms with E-state index in [4.69, 9.17) is 4.99 Å². The van der Waals surface area contributed by atoms with Gasteiger partial charge in [-0.25, -0.2) is 0 Å². The molecule has 8 heteroatoms. The van der Waals surface area contributed by atoms with Crippen molar-refractivity contribution in [2.45, 2.75) is 65.0 Å². The molecular weight excluding hydrogens is 477 g/mol. The van der Waals surface area contributed by atoms with Crippen molar-refractivity contribution < 1.29 is 0 Å². The van der Waals surface area contributed by atoms with Crippen LogP contribution < -0.4 is 10.6 Å². The van der Waals surface area contributed by atoms with E-state index in [0.29, 0.717) is 12.0 Å². The molecule has 1 saturated carbocycles.